The summed E-state index contributed by atoms with van der Waals surface area (Å²) in [5, 5.41) is 3.31. The molecule has 0 amide bonds. The third-order valence-electron chi connectivity index (χ3n) is 1.85. The summed E-state index contributed by atoms with van der Waals surface area (Å²) in [5.41, 5.74) is 0. The summed E-state index contributed by atoms with van der Waals surface area (Å²) >= 11 is 0. The van der Waals surface area contributed by atoms with Crippen molar-refractivity contribution in [1.29, 1.82) is 0 Å². The molecule has 0 radical (unpaired) electrons. The van der Waals surface area contributed by atoms with Gasteiger partial charge in [0.05, 0.1) is 0 Å². The molecule has 0 rings (SSSR count). The van der Waals surface area contributed by atoms with Crippen LogP contribution in [0.5, 0.6) is 0 Å². The van der Waals surface area contributed by atoms with E-state index in [1.165, 1.54) is 0 Å². The van der Waals surface area contributed by atoms with Crippen LogP contribution in [0.25, 0.3) is 0 Å². The van der Waals surface area contributed by atoms with E-state index in [-0.39, 0.29) is 6.23 Å². The van der Waals surface area contributed by atoms with E-state index in [2.05, 4.69) is 26.1 Å². The van der Waals surface area contributed by atoms with Crippen molar-refractivity contribution in [1.82, 2.24) is 5.32 Å². The van der Waals surface area contributed by atoms with Crippen LogP contribution in [0.4, 0.5) is 0 Å². The second kappa shape index (κ2) is 4.69. The maximum absolute atomic E-state index is 5.06. The molecule has 0 aliphatic carbocycles. The van der Waals surface area contributed by atoms with E-state index in [1.54, 1.807) is 7.11 Å². The van der Waals surface area contributed by atoms with Crippen LogP contribution in [-0.2, 0) is 4.74 Å². The largest absolute Gasteiger partial charge is 0.367 e. The molecule has 2 heteroatoms. The second-order valence-corrected chi connectivity index (χ2v) is 3.08. The highest BCUT2D eigenvalue weighted by atomic mass is 16.5. The van der Waals surface area contributed by atoms with Gasteiger partial charge in [0, 0.05) is 13.2 Å². The number of hydrogen-bond donors (Lipinski definition) is 1. The summed E-state index contributed by atoms with van der Waals surface area (Å²) in [5.74, 6) is 0.664. The van der Waals surface area contributed by atoms with Gasteiger partial charge in [-0.15, -0.1) is 0 Å². The Hall–Kier alpha value is -0.0800. The third kappa shape index (κ3) is 3.85. The van der Waals surface area contributed by atoms with Crippen molar-refractivity contribution in [3.05, 3.63) is 0 Å². The Morgan fingerprint density at radius 3 is 1.90 bits per heavy atom. The zero-order valence-corrected chi connectivity index (χ0v) is 7.64. The van der Waals surface area contributed by atoms with Gasteiger partial charge < -0.3 is 4.74 Å². The molecule has 0 aromatic carbocycles. The Morgan fingerprint density at radius 2 is 1.60 bits per heavy atom. The van der Waals surface area contributed by atoms with Crippen LogP contribution in [-0.4, -0.2) is 19.4 Å². The molecular formula is C8H19NO. The molecule has 2 unspecified atom stereocenters. The topological polar surface area (TPSA) is 21.3 Å². The number of nitrogens with one attached hydrogen (secondary N) is 1. The maximum atomic E-state index is 5.06. The Kier molecular flexibility index (Phi) is 4.65. The van der Waals surface area contributed by atoms with Crippen LogP contribution < -0.4 is 5.32 Å². The average Bonchev–Trinajstić information content (AvgIpc) is 1.87. The van der Waals surface area contributed by atoms with Gasteiger partial charge in [-0.05, 0) is 19.8 Å². The lowest BCUT2D eigenvalue weighted by atomic mass is 10.1. The van der Waals surface area contributed by atoms with E-state index in [9.17, 15) is 0 Å². The predicted molar refractivity (Wildman–Crippen MR) is 43.9 cm³/mol. The van der Waals surface area contributed by atoms with Gasteiger partial charge in [0.2, 0.25) is 0 Å². The first-order chi connectivity index (χ1) is 4.57. The van der Waals surface area contributed by atoms with Crippen LogP contribution in [0, 0.1) is 5.92 Å². The van der Waals surface area contributed by atoms with E-state index in [1.807, 2.05) is 6.92 Å². The van der Waals surface area contributed by atoms with Gasteiger partial charge in [-0.3, -0.25) is 5.32 Å². The lowest BCUT2D eigenvalue weighted by molar-refractivity contribution is 0.0744. The summed E-state index contributed by atoms with van der Waals surface area (Å²) in [6.45, 7) is 8.57. The highest BCUT2D eigenvalue weighted by Gasteiger charge is 2.08. The zero-order chi connectivity index (χ0) is 8.15. The molecule has 2 atom stereocenters. The molecule has 0 spiro atoms. The van der Waals surface area contributed by atoms with Gasteiger partial charge in [0.25, 0.3) is 0 Å². The molecule has 0 aromatic rings. The van der Waals surface area contributed by atoms with E-state index in [0.717, 1.165) is 0 Å². The smallest absolute Gasteiger partial charge is 0.105 e. The molecule has 0 saturated carbocycles. The molecule has 0 aliphatic rings. The summed E-state index contributed by atoms with van der Waals surface area (Å²) in [6.07, 6.45) is 0.164. The maximum Gasteiger partial charge on any atom is 0.105 e. The molecule has 1 N–H and O–H groups in total. The van der Waals surface area contributed by atoms with Crippen molar-refractivity contribution < 1.29 is 4.74 Å². The molecular weight excluding hydrogens is 126 g/mol. The fourth-order valence-electron chi connectivity index (χ4n) is 0.631. The van der Waals surface area contributed by atoms with Crippen LogP contribution >= 0.6 is 0 Å². The Bertz CT molecular complexity index is 83.3. The van der Waals surface area contributed by atoms with Crippen molar-refractivity contribution in [2.24, 2.45) is 5.92 Å². The van der Waals surface area contributed by atoms with Crippen LogP contribution in [0.2, 0.25) is 0 Å². The van der Waals surface area contributed by atoms with Crippen molar-refractivity contribution in [3.8, 4) is 0 Å². The molecule has 0 aliphatic heterocycles. The molecule has 62 valence electrons. The fourth-order valence-corrected chi connectivity index (χ4v) is 0.631. The first kappa shape index (κ1) is 9.92. The monoisotopic (exact) mass is 145 g/mol. The van der Waals surface area contributed by atoms with Gasteiger partial charge in [-0.1, -0.05) is 13.8 Å². The Morgan fingerprint density at radius 1 is 1.10 bits per heavy atom. The van der Waals surface area contributed by atoms with Crippen LogP contribution in [0.1, 0.15) is 27.7 Å². The highest BCUT2D eigenvalue weighted by Crippen LogP contribution is 2.00. The van der Waals surface area contributed by atoms with Gasteiger partial charge in [-0.25, -0.2) is 0 Å². The standard InChI is InChI=1S/C8H19NO/c1-6(2)7(3)9-8(4)10-5/h6-9H,1-5H3. The first-order valence-electron chi connectivity index (χ1n) is 3.86. The Balaban J connectivity index is 3.46. The highest BCUT2D eigenvalue weighted by molar-refractivity contribution is 4.64. The van der Waals surface area contributed by atoms with E-state index in [0.29, 0.717) is 12.0 Å². The minimum Gasteiger partial charge on any atom is -0.367 e. The molecule has 0 aromatic heterocycles. The lowest BCUT2D eigenvalue weighted by Gasteiger charge is -2.21. The summed E-state index contributed by atoms with van der Waals surface area (Å²) in [4.78, 5) is 0. The van der Waals surface area contributed by atoms with Gasteiger partial charge >= 0.3 is 0 Å². The quantitative estimate of drug-likeness (QED) is 0.607. The van der Waals surface area contributed by atoms with Gasteiger partial charge in [0.15, 0.2) is 0 Å². The van der Waals surface area contributed by atoms with Crippen molar-refractivity contribution in [2.45, 2.75) is 40.0 Å². The predicted octanol–water partition coefficient (Wildman–Crippen LogP) is 1.61. The summed E-state index contributed by atoms with van der Waals surface area (Å²) in [6, 6.07) is 0.523. The van der Waals surface area contributed by atoms with Gasteiger partial charge in [0.1, 0.15) is 6.23 Å². The van der Waals surface area contributed by atoms with E-state index >= 15 is 0 Å². The van der Waals surface area contributed by atoms with E-state index in [4.69, 9.17) is 4.74 Å². The Labute approximate surface area is 64.0 Å². The van der Waals surface area contributed by atoms with Crippen molar-refractivity contribution in [2.75, 3.05) is 7.11 Å². The van der Waals surface area contributed by atoms with Crippen LogP contribution in [0.3, 0.4) is 0 Å². The second-order valence-electron chi connectivity index (χ2n) is 3.08. The molecule has 0 saturated heterocycles. The number of rotatable bonds is 4. The molecule has 0 fully saturated rings. The molecule has 10 heavy (non-hydrogen) atoms. The zero-order valence-electron chi connectivity index (χ0n) is 7.64. The molecule has 0 bridgehead atoms. The SMILES string of the molecule is COC(C)NC(C)C(C)C. The summed E-state index contributed by atoms with van der Waals surface area (Å²) in [7, 11) is 1.71. The lowest BCUT2D eigenvalue weighted by Crippen LogP contribution is -2.38. The minimum atomic E-state index is 0.164. The van der Waals surface area contributed by atoms with Crippen LogP contribution in [0.15, 0.2) is 0 Å². The van der Waals surface area contributed by atoms with Gasteiger partial charge in [-0.2, -0.15) is 0 Å². The number of hydrogen-bond acceptors (Lipinski definition) is 2. The van der Waals surface area contributed by atoms with E-state index < -0.39 is 0 Å². The van der Waals surface area contributed by atoms with Crippen molar-refractivity contribution in [3.63, 3.8) is 0 Å². The minimum absolute atomic E-state index is 0.164. The van der Waals surface area contributed by atoms with Crippen molar-refractivity contribution >= 4 is 0 Å². The first-order valence-corrected chi connectivity index (χ1v) is 3.86. The third-order valence-corrected chi connectivity index (χ3v) is 1.85. The average molecular weight is 145 g/mol. The molecule has 2 nitrogen and oxygen atoms in total. The number of ether oxygens (including phenoxy) is 1. The normalized spacial score (nSPS) is 17.4. The number of methoxy groups -OCH3 is 1. The summed E-state index contributed by atoms with van der Waals surface area (Å²) < 4.78 is 5.06. The molecule has 0 heterocycles. The fraction of sp³-hybridized carbons (Fsp3) is 1.00.